The predicted molar refractivity (Wildman–Crippen MR) is 81.7 cm³/mol. The van der Waals surface area contributed by atoms with E-state index in [9.17, 15) is 9.90 Å². The van der Waals surface area contributed by atoms with E-state index in [0.29, 0.717) is 11.5 Å². The van der Waals surface area contributed by atoms with Crippen molar-refractivity contribution in [1.82, 2.24) is 0 Å². The van der Waals surface area contributed by atoms with Crippen molar-refractivity contribution in [3.8, 4) is 11.5 Å². The molecule has 0 saturated heterocycles. The van der Waals surface area contributed by atoms with Gasteiger partial charge in [-0.25, -0.2) is 0 Å². The molecule has 2 unspecified atom stereocenters. The van der Waals surface area contributed by atoms with Crippen molar-refractivity contribution in [2.24, 2.45) is 5.92 Å². The summed E-state index contributed by atoms with van der Waals surface area (Å²) in [6.45, 7) is 2.18. The minimum absolute atomic E-state index is 0.0527. The van der Waals surface area contributed by atoms with Crippen LogP contribution >= 0.6 is 0 Å². The third kappa shape index (κ3) is 2.78. The Morgan fingerprint density at radius 3 is 2.71 bits per heavy atom. The van der Waals surface area contributed by atoms with Crippen LogP contribution in [-0.4, -0.2) is 11.1 Å². The van der Waals surface area contributed by atoms with Crippen molar-refractivity contribution in [3.05, 3.63) is 23.3 Å². The molecule has 2 aliphatic rings. The number of carbonyl (C=O) groups excluding carboxylic acids is 1. The molecule has 0 bridgehead atoms. The van der Waals surface area contributed by atoms with Gasteiger partial charge in [0.15, 0.2) is 0 Å². The topological polar surface area (TPSA) is 46.5 Å². The van der Waals surface area contributed by atoms with Crippen LogP contribution in [0.2, 0.25) is 0 Å². The molecule has 1 aromatic carbocycles. The van der Waals surface area contributed by atoms with E-state index in [-0.39, 0.29) is 17.8 Å². The molecule has 0 aromatic heterocycles. The van der Waals surface area contributed by atoms with Crippen molar-refractivity contribution in [2.45, 2.75) is 64.2 Å². The zero-order valence-corrected chi connectivity index (χ0v) is 12.7. The summed E-state index contributed by atoms with van der Waals surface area (Å²) in [5.74, 6) is 0.929. The number of esters is 1. The summed E-state index contributed by atoms with van der Waals surface area (Å²) >= 11 is 0. The Balaban J connectivity index is 1.89. The molecule has 0 spiro atoms. The number of rotatable bonds is 4. The number of hydrogen-bond donors (Lipinski definition) is 1. The Morgan fingerprint density at radius 2 is 1.95 bits per heavy atom. The number of phenols is 1. The number of benzene rings is 1. The second kappa shape index (κ2) is 6.08. The zero-order chi connectivity index (χ0) is 14.8. The molecule has 1 N–H and O–H groups in total. The fourth-order valence-corrected chi connectivity index (χ4v) is 3.79. The number of aryl methyl sites for hydroxylation is 1. The number of carbonyl (C=O) groups is 1. The quantitative estimate of drug-likeness (QED) is 0.510. The van der Waals surface area contributed by atoms with Gasteiger partial charge in [-0.15, -0.1) is 0 Å². The maximum absolute atomic E-state index is 12.2. The lowest BCUT2D eigenvalue weighted by Gasteiger charge is -2.35. The Bertz CT molecular complexity index is 536. The Hall–Kier alpha value is -1.51. The molecule has 1 aromatic rings. The Morgan fingerprint density at radius 1 is 1.19 bits per heavy atom. The Kier molecular flexibility index (Phi) is 4.18. The summed E-state index contributed by atoms with van der Waals surface area (Å²) in [6, 6.07) is 3.84. The van der Waals surface area contributed by atoms with Gasteiger partial charge in [0.25, 0.3) is 0 Å². The fraction of sp³-hybridized carbons (Fsp3) is 0.611. The van der Waals surface area contributed by atoms with E-state index in [2.05, 4.69) is 6.92 Å². The largest absolute Gasteiger partial charge is 0.508 e. The van der Waals surface area contributed by atoms with Gasteiger partial charge in [0, 0.05) is 11.5 Å². The van der Waals surface area contributed by atoms with E-state index >= 15 is 0 Å². The van der Waals surface area contributed by atoms with Crippen LogP contribution in [0.4, 0.5) is 0 Å². The maximum Gasteiger partial charge on any atom is 0.314 e. The lowest BCUT2D eigenvalue weighted by molar-refractivity contribution is -0.142. The van der Waals surface area contributed by atoms with E-state index in [1.165, 1.54) is 12.8 Å². The molecule has 3 rings (SSSR count). The second-order valence-corrected chi connectivity index (χ2v) is 6.40. The van der Waals surface area contributed by atoms with Crippen LogP contribution < -0.4 is 4.74 Å². The summed E-state index contributed by atoms with van der Waals surface area (Å²) in [6.07, 6.45) is 8.48. The van der Waals surface area contributed by atoms with Crippen LogP contribution in [0, 0.1) is 5.92 Å². The summed E-state index contributed by atoms with van der Waals surface area (Å²) in [5.41, 5.74) is 1.94. The lowest BCUT2D eigenvalue weighted by atomic mass is 9.73. The average Bonchev–Trinajstić information content (AvgIpc) is 2.47. The molecule has 0 amide bonds. The molecule has 1 aliphatic heterocycles. The highest BCUT2D eigenvalue weighted by atomic mass is 16.5. The third-order valence-corrected chi connectivity index (χ3v) is 4.90. The highest BCUT2D eigenvalue weighted by molar-refractivity contribution is 5.80. The van der Waals surface area contributed by atoms with Gasteiger partial charge in [-0.3, -0.25) is 4.79 Å². The first kappa shape index (κ1) is 14.4. The van der Waals surface area contributed by atoms with E-state index in [0.717, 1.165) is 49.7 Å². The van der Waals surface area contributed by atoms with Crippen molar-refractivity contribution in [1.29, 1.82) is 0 Å². The SMILES string of the molecule is CCCCCc1cc(O)c2c(c1)OC(=O)C1CCCCC21. The van der Waals surface area contributed by atoms with Crippen LogP contribution in [-0.2, 0) is 11.2 Å². The highest BCUT2D eigenvalue weighted by Crippen LogP contribution is 2.49. The average molecular weight is 288 g/mol. The van der Waals surface area contributed by atoms with Gasteiger partial charge in [-0.2, -0.15) is 0 Å². The molecule has 1 aliphatic carbocycles. The van der Waals surface area contributed by atoms with E-state index in [1.54, 1.807) is 0 Å². The molecule has 1 fully saturated rings. The van der Waals surface area contributed by atoms with Gasteiger partial charge in [0.1, 0.15) is 11.5 Å². The fourth-order valence-electron chi connectivity index (χ4n) is 3.79. The minimum atomic E-state index is -0.0997. The molecule has 2 atom stereocenters. The summed E-state index contributed by atoms with van der Waals surface area (Å²) in [7, 11) is 0. The van der Waals surface area contributed by atoms with Gasteiger partial charge in [0.2, 0.25) is 0 Å². The van der Waals surface area contributed by atoms with Gasteiger partial charge < -0.3 is 9.84 Å². The van der Waals surface area contributed by atoms with Gasteiger partial charge >= 0.3 is 5.97 Å². The highest BCUT2D eigenvalue weighted by Gasteiger charge is 2.40. The normalized spacial score (nSPS) is 24.1. The number of phenolic OH excluding ortho intramolecular Hbond substituents is 1. The number of fused-ring (bicyclic) bond motifs is 3. The van der Waals surface area contributed by atoms with Crippen LogP contribution in [0.3, 0.4) is 0 Å². The smallest absolute Gasteiger partial charge is 0.314 e. The van der Waals surface area contributed by atoms with Gasteiger partial charge in [-0.1, -0.05) is 32.6 Å². The van der Waals surface area contributed by atoms with Crippen LogP contribution in [0.15, 0.2) is 12.1 Å². The van der Waals surface area contributed by atoms with Crippen molar-refractivity contribution in [3.63, 3.8) is 0 Å². The number of aromatic hydroxyl groups is 1. The molecule has 114 valence electrons. The molecule has 21 heavy (non-hydrogen) atoms. The molecule has 1 heterocycles. The van der Waals surface area contributed by atoms with Crippen LogP contribution in [0.5, 0.6) is 11.5 Å². The predicted octanol–water partition coefficient (Wildman–Crippen LogP) is 4.32. The monoisotopic (exact) mass is 288 g/mol. The van der Waals surface area contributed by atoms with Crippen molar-refractivity contribution in [2.75, 3.05) is 0 Å². The molecule has 0 radical (unpaired) electrons. The molecule has 3 nitrogen and oxygen atoms in total. The standard InChI is InChI=1S/C18H24O3/c1-2-3-4-7-12-10-15(19)17-13-8-5-6-9-14(13)18(20)21-16(17)11-12/h10-11,13-14,19H,2-9H2,1H3. The lowest BCUT2D eigenvalue weighted by Crippen LogP contribution is -2.33. The Labute approximate surface area is 126 Å². The van der Waals surface area contributed by atoms with Crippen LogP contribution in [0.1, 0.15) is 68.9 Å². The molecular formula is C18H24O3. The van der Waals surface area contributed by atoms with E-state index in [1.807, 2.05) is 12.1 Å². The first-order valence-corrected chi connectivity index (χ1v) is 8.28. The van der Waals surface area contributed by atoms with Crippen molar-refractivity contribution >= 4 is 5.97 Å². The molecule has 1 saturated carbocycles. The van der Waals surface area contributed by atoms with Crippen molar-refractivity contribution < 1.29 is 14.6 Å². The summed E-state index contributed by atoms with van der Waals surface area (Å²) < 4.78 is 5.53. The number of unbranched alkanes of at least 4 members (excludes halogenated alkanes) is 2. The minimum Gasteiger partial charge on any atom is -0.508 e. The van der Waals surface area contributed by atoms with Gasteiger partial charge in [-0.05, 0) is 43.4 Å². The third-order valence-electron chi connectivity index (χ3n) is 4.90. The first-order chi connectivity index (χ1) is 10.2. The zero-order valence-electron chi connectivity index (χ0n) is 12.7. The maximum atomic E-state index is 12.2. The summed E-state index contributed by atoms with van der Waals surface area (Å²) in [4.78, 5) is 12.2. The molecule has 3 heteroatoms. The van der Waals surface area contributed by atoms with E-state index < -0.39 is 0 Å². The van der Waals surface area contributed by atoms with Crippen LogP contribution in [0.25, 0.3) is 0 Å². The van der Waals surface area contributed by atoms with Gasteiger partial charge in [0.05, 0.1) is 5.92 Å². The first-order valence-electron chi connectivity index (χ1n) is 8.28. The molecular weight excluding hydrogens is 264 g/mol. The summed E-state index contributed by atoms with van der Waals surface area (Å²) in [5, 5.41) is 10.4. The van der Waals surface area contributed by atoms with E-state index in [4.69, 9.17) is 4.74 Å². The number of hydrogen-bond acceptors (Lipinski definition) is 3. The number of ether oxygens (including phenoxy) is 1. The second-order valence-electron chi connectivity index (χ2n) is 6.40.